The van der Waals surface area contributed by atoms with Crippen molar-refractivity contribution < 1.29 is 9.53 Å². The Morgan fingerprint density at radius 2 is 2.12 bits per heavy atom. The van der Waals surface area contributed by atoms with E-state index in [1.54, 1.807) is 6.08 Å². The van der Waals surface area contributed by atoms with Gasteiger partial charge in [0.05, 0.1) is 12.5 Å². The molecule has 4 heteroatoms. The minimum atomic E-state index is -0.349. The molecule has 1 rings (SSSR count). The lowest BCUT2D eigenvalue weighted by Crippen LogP contribution is -2.07. The highest BCUT2D eigenvalue weighted by Gasteiger charge is 1.93. The van der Waals surface area contributed by atoms with Crippen molar-refractivity contribution in [2.24, 2.45) is 5.73 Å². The van der Waals surface area contributed by atoms with E-state index in [1.165, 1.54) is 0 Å². The number of carbonyl (C=O) groups excluding carboxylic acids is 1. The number of primary amides is 1. The van der Waals surface area contributed by atoms with Crippen LogP contribution in [0.5, 0.6) is 5.75 Å². The summed E-state index contributed by atoms with van der Waals surface area (Å²) in [7, 11) is 0. The molecule has 0 radical (unpaired) electrons. The van der Waals surface area contributed by atoms with Crippen LogP contribution in [-0.2, 0) is 4.79 Å². The Balaban J connectivity index is 2.47. The Labute approximate surface area is 100 Å². The van der Waals surface area contributed by atoms with Gasteiger partial charge in [-0.2, -0.15) is 5.26 Å². The molecule has 2 N–H and O–H groups in total. The largest absolute Gasteiger partial charge is 0.493 e. The third-order valence-corrected chi connectivity index (χ3v) is 1.99. The number of carbonyl (C=O) groups is 1. The summed E-state index contributed by atoms with van der Waals surface area (Å²) in [6.45, 7) is 0.396. The maximum absolute atomic E-state index is 10.5. The monoisotopic (exact) mass is 230 g/mol. The van der Waals surface area contributed by atoms with Crippen molar-refractivity contribution >= 4 is 12.0 Å². The minimum Gasteiger partial charge on any atom is -0.493 e. The van der Waals surface area contributed by atoms with E-state index in [0.717, 1.165) is 11.3 Å². The van der Waals surface area contributed by atoms with Crippen LogP contribution in [0.25, 0.3) is 6.08 Å². The second-order valence-electron chi connectivity index (χ2n) is 3.40. The SMILES string of the molecule is N#CCCOc1ccc(C=CCC(N)=O)cc1. The van der Waals surface area contributed by atoms with Gasteiger partial charge in [-0.25, -0.2) is 0 Å². The van der Waals surface area contributed by atoms with E-state index < -0.39 is 0 Å². The van der Waals surface area contributed by atoms with E-state index in [2.05, 4.69) is 0 Å². The fraction of sp³-hybridized carbons (Fsp3) is 0.231. The third-order valence-electron chi connectivity index (χ3n) is 1.99. The Kier molecular flexibility index (Phi) is 5.32. The number of hydrogen-bond acceptors (Lipinski definition) is 3. The zero-order valence-corrected chi connectivity index (χ0v) is 9.43. The quantitative estimate of drug-likeness (QED) is 0.758. The minimum absolute atomic E-state index is 0.237. The highest BCUT2D eigenvalue weighted by Crippen LogP contribution is 2.13. The molecule has 1 amide bonds. The van der Waals surface area contributed by atoms with Crippen LogP contribution in [0.15, 0.2) is 30.3 Å². The van der Waals surface area contributed by atoms with E-state index in [1.807, 2.05) is 36.4 Å². The Morgan fingerprint density at radius 1 is 1.41 bits per heavy atom. The fourth-order valence-electron chi connectivity index (χ4n) is 1.20. The Bertz CT molecular complexity index is 430. The number of nitrogens with two attached hydrogens (primary N) is 1. The van der Waals surface area contributed by atoms with Gasteiger partial charge in [-0.05, 0) is 17.7 Å². The summed E-state index contributed by atoms with van der Waals surface area (Å²) < 4.78 is 5.32. The average Bonchev–Trinajstić information content (AvgIpc) is 2.31. The lowest BCUT2D eigenvalue weighted by Gasteiger charge is -2.03. The van der Waals surface area contributed by atoms with Crippen LogP contribution in [0.4, 0.5) is 0 Å². The summed E-state index contributed by atoms with van der Waals surface area (Å²) >= 11 is 0. The molecule has 1 aromatic rings. The first-order valence-corrected chi connectivity index (χ1v) is 5.27. The summed E-state index contributed by atoms with van der Waals surface area (Å²) in [5.74, 6) is 0.380. The van der Waals surface area contributed by atoms with E-state index >= 15 is 0 Å². The van der Waals surface area contributed by atoms with E-state index in [9.17, 15) is 4.79 Å². The predicted molar refractivity (Wildman–Crippen MR) is 65.0 cm³/mol. The van der Waals surface area contributed by atoms with Gasteiger partial charge in [0.2, 0.25) is 5.91 Å². The van der Waals surface area contributed by atoms with Gasteiger partial charge >= 0.3 is 0 Å². The molecule has 0 aliphatic heterocycles. The average molecular weight is 230 g/mol. The summed E-state index contributed by atoms with van der Waals surface area (Å²) in [5, 5.41) is 8.35. The van der Waals surface area contributed by atoms with Gasteiger partial charge in [-0.15, -0.1) is 0 Å². The van der Waals surface area contributed by atoms with Gasteiger partial charge in [0.25, 0.3) is 0 Å². The number of benzene rings is 1. The second-order valence-corrected chi connectivity index (χ2v) is 3.40. The fourth-order valence-corrected chi connectivity index (χ4v) is 1.20. The van der Waals surface area contributed by atoms with Crippen LogP contribution in [0, 0.1) is 11.3 Å². The van der Waals surface area contributed by atoms with Gasteiger partial charge in [-0.1, -0.05) is 24.3 Å². The molecular formula is C13H14N2O2. The van der Waals surface area contributed by atoms with Crippen molar-refractivity contribution in [3.05, 3.63) is 35.9 Å². The smallest absolute Gasteiger partial charge is 0.221 e. The zero-order chi connectivity index (χ0) is 12.5. The van der Waals surface area contributed by atoms with Crippen molar-refractivity contribution in [2.45, 2.75) is 12.8 Å². The number of rotatable bonds is 6. The van der Waals surface area contributed by atoms with Crippen molar-refractivity contribution in [3.63, 3.8) is 0 Å². The van der Waals surface area contributed by atoms with Gasteiger partial charge in [0.1, 0.15) is 12.4 Å². The number of ether oxygens (including phenoxy) is 1. The molecular weight excluding hydrogens is 216 g/mol. The van der Waals surface area contributed by atoms with E-state index in [-0.39, 0.29) is 12.3 Å². The first-order chi connectivity index (χ1) is 8.22. The molecule has 0 aliphatic carbocycles. The zero-order valence-electron chi connectivity index (χ0n) is 9.43. The van der Waals surface area contributed by atoms with Crippen molar-refractivity contribution in [1.29, 1.82) is 5.26 Å². The van der Waals surface area contributed by atoms with E-state index in [4.69, 9.17) is 15.7 Å². The molecule has 0 saturated heterocycles. The van der Waals surface area contributed by atoms with Gasteiger partial charge in [0.15, 0.2) is 0 Å². The molecule has 0 atom stereocenters. The molecule has 0 bridgehead atoms. The summed E-state index contributed by atoms with van der Waals surface area (Å²) in [4.78, 5) is 10.5. The molecule has 17 heavy (non-hydrogen) atoms. The summed E-state index contributed by atoms with van der Waals surface area (Å²) in [6, 6.07) is 9.40. The highest BCUT2D eigenvalue weighted by molar-refractivity contribution is 5.76. The maximum Gasteiger partial charge on any atom is 0.221 e. The number of nitrogens with zero attached hydrogens (tertiary/aromatic N) is 1. The summed E-state index contributed by atoms with van der Waals surface area (Å²) in [6.07, 6.45) is 4.15. The molecule has 0 aliphatic rings. The van der Waals surface area contributed by atoms with E-state index in [0.29, 0.717) is 13.0 Å². The third kappa shape index (κ3) is 5.38. The van der Waals surface area contributed by atoms with Crippen molar-refractivity contribution in [2.75, 3.05) is 6.61 Å². The number of nitriles is 1. The lowest BCUT2D eigenvalue weighted by atomic mass is 10.2. The molecule has 0 unspecified atom stereocenters. The Morgan fingerprint density at radius 3 is 2.71 bits per heavy atom. The van der Waals surface area contributed by atoms with Crippen LogP contribution >= 0.6 is 0 Å². The van der Waals surface area contributed by atoms with Crippen LogP contribution in [0.2, 0.25) is 0 Å². The van der Waals surface area contributed by atoms with Crippen LogP contribution < -0.4 is 10.5 Å². The Hall–Kier alpha value is -2.28. The van der Waals surface area contributed by atoms with Crippen LogP contribution in [0.1, 0.15) is 18.4 Å². The molecule has 1 aromatic carbocycles. The normalized spacial score (nSPS) is 10.1. The first kappa shape index (κ1) is 12.8. The lowest BCUT2D eigenvalue weighted by molar-refractivity contribution is -0.117. The van der Waals surface area contributed by atoms with Crippen molar-refractivity contribution in [3.8, 4) is 11.8 Å². The van der Waals surface area contributed by atoms with Crippen molar-refractivity contribution in [1.82, 2.24) is 0 Å². The first-order valence-electron chi connectivity index (χ1n) is 5.27. The molecule has 0 fully saturated rings. The number of hydrogen-bond donors (Lipinski definition) is 1. The van der Waals surface area contributed by atoms with Gasteiger partial charge in [-0.3, -0.25) is 4.79 Å². The number of amides is 1. The topological polar surface area (TPSA) is 76.1 Å². The van der Waals surface area contributed by atoms with Gasteiger partial charge in [0, 0.05) is 6.42 Å². The second kappa shape index (κ2) is 7.07. The molecule has 4 nitrogen and oxygen atoms in total. The molecule has 0 heterocycles. The van der Waals surface area contributed by atoms with Crippen LogP contribution in [-0.4, -0.2) is 12.5 Å². The van der Waals surface area contributed by atoms with Gasteiger partial charge < -0.3 is 10.5 Å². The highest BCUT2D eigenvalue weighted by atomic mass is 16.5. The molecule has 0 saturated carbocycles. The summed E-state index contributed by atoms with van der Waals surface area (Å²) in [5.41, 5.74) is 5.98. The maximum atomic E-state index is 10.5. The standard InChI is InChI=1S/C13H14N2O2/c14-9-2-10-17-12-7-5-11(6-8-12)3-1-4-13(15)16/h1,3,5-8H,2,4,10H2,(H2,15,16). The molecule has 0 aromatic heterocycles. The molecule has 88 valence electrons. The molecule has 0 spiro atoms. The predicted octanol–water partition coefficient (Wildman–Crippen LogP) is 1.87. The van der Waals surface area contributed by atoms with Crippen LogP contribution in [0.3, 0.4) is 0 Å².